The molecule has 1 aromatic heterocycles. The third-order valence-corrected chi connectivity index (χ3v) is 2.56. The Morgan fingerprint density at radius 1 is 1.12 bits per heavy atom. The van der Waals surface area contributed by atoms with Crippen LogP contribution in [0.25, 0.3) is 0 Å². The molecule has 0 radical (unpaired) electrons. The first-order valence-electron chi connectivity index (χ1n) is 5.38. The van der Waals surface area contributed by atoms with Gasteiger partial charge >= 0.3 is 0 Å². The largest absolute Gasteiger partial charge is 0.462 e. The van der Waals surface area contributed by atoms with Crippen LogP contribution >= 0.6 is 11.6 Å². The monoisotopic (exact) mass is 251 g/mol. The summed E-state index contributed by atoms with van der Waals surface area (Å²) in [6.45, 7) is 1.36. The van der Waals surface area contributed by atoms with Crippen LogP contribution in [0.3, 0.4) is 0 Å². The van der Waals surface area contributed by atoms with Crippen LogP contribution in [-0.4, -0.2) is 0 Å². The highest BCUT2D eigenvalue weighted by Gasteiger charge is 2.01. The first-order valence-corrected chi connectivity index (χ1v) is 5.75. The molecule has 0 atom stereocenters. The maximum Gasteiger partial charge on any atom is 0.129 e. The fourth-order valence-electron chi connectivity index (χ4n) is 1.51. The third-order valence-electron chi connectivity index (χ3n) is 2.32. The highest BCUT2D eigenvalue weighted by atomic mass is 35.5. The van der Waals surface area contributed by atoms with Crippen molar-refractivity contribution in [3.63, 3.8) is 0 Å². The Hall–Kier alpha value is -1.29. The number of rotatable bonds is 5. The minimum absolute atomic E-state index is 0.411. The van der Waals surface area contributed by atoms with E-state index in [1.54, 1.807) is 0 Å². The van der Waals surface area contributed by atoms with Crippen molar-refractivity contribution in [2.75, 3.05) is 0 Å². The zero-order chi connectivity index (χ0) is 12.1. The highest BCUT2D eigenvalue weighted by molar-refractivity contribution is 6.30. The van der Waals surface area contributed by atoms with Crippen LogP contribution in [0.1, 0.15) is 17.1 Å². The van der Waals surface area contributed by atoms with Gasteiger partial charge in [0, 0.05) is 5.02 Å². The molecule has 0 saturated carbocycles. The molecule has 2 aromatic rings. The van der Waals surface area contributed by atoms with Gasteiger partial charge < -0.3 is 14.9 Å². The molecule has 90 valence electrons. The van der Waals surface area contributed by atoms with Crippen molar-refractivity contribution in [3.8, 4) is 0 Å². The van der Waals surface area contributed by atoms with Crippen molar-refractivity contribution in [2.24, 2.45) is 5.73 Å². The number of hydrogen-bond donors (Lipinski definition) is 1. The summed E-state index contributed by atoms with van der Waals surface area (Å²) in [5.74, 6) is 1.55. The summed E-state index contributed by atoms with van der Waals surface area (Å²) in [6.07, 6.45) is 0. The zero-order valence-corrected chi connectivity index (χ0v) is 10.1. The fraction of sp³-hybridized carbons (Fsp3) is 0.231. The van der Waals surface area contributed by atoms with Gasteiger partial charge in [0.15, 0.2) is 0 Å². The summed E-state index contributed by atoms with van der Waals surface area (Å²) < 4.78 is 10.9. The number of furan rings is 1. The van der Waals surface area contributed by atoms with Crippen molar-refractivity contribution in [3.05, 3.63) is 58.5 Å². The van der Waals surface area contributed by atoms with Crippen molar-refractivity contribution in [2.45, 2.75) is 19.8 Å². The maximum absolute atomic E-state index is 5.87. The summed E-state index contributed by atoms with van der Waals surface area (Å²) >= 11 is 5.87. The lowest BCUT2D eigenvalue weighted by molar-refractivity contribution is 0.0921. The molecule has 0 fully saturated rings. The zero-order valence-electron chi connectivity index (χ0n) is 9.36. The molecule has 0 unspecified atom stereocenters. The van der Waals surface area contributed by atoms with Gasteiger partial charge in [-0.15, -0.1) is 0 Å². The second kappa shape index (κ2) is 5.87. The van der Waals surface area contributed by atoms with E-state index < -0.39 is 0 Å². The van der Waals surface area contributed by atoms with Gasteiger partial charge in [0.2, 0.25) is 0 Å². The van der Waals surface area contributed by atoms with Crippen molar-refractivity contribution < 1.29 is 9.15 Å². The first-order chi connectivity index (χ1) is 8.28. The molecule has 0 aliphatic carbocycles. The smallest absolute Gasteiger partial charge is 0.129 e. The van der Waals surface area contributed by atoms with Crippen LogP contribution in [0.5, 0.6) is 0 Å². The van der Waals surface area contributed by atoms with Gasteiger partial charge in [0.1, 0.15) is 18.1 Å². The van der Waals surface area contributed by atoms with E-state index in [9.17, 15) is 0 Å². The van der Waals surface area contributed by atoms with Gasteiger partial charge in [-0.1, -0.05) is 23.7 Å². The van der Waals surface area contributed by atoms with Crippen LogP contribution in [0.2, 0.25) is 5.02 Å². The van der Waals surface area contributed by atoms with Gasteiger partial charge in [-0.05, 0) is 29.8 Å². The van der Waals surface area contributed by atoms with Crippen LogP contribution in [0, 0.1) is 0 Å². The predicted molar refractivity (Wildman–Crippen MR) is 66.5 cm³/mol. The van der Waals surface area contributed by atoms with E-state index in [0.29, 0.717) is 19.8 Å². The molecule has 0 aliphatic rings. The van der Waals surface area contributed by atoms with Crippen molar-refractivity contribution >= 4 is 11.6 Å². The highest BCUT2D eigenvalue weighted by Crippen LogP contribution is 2.13. The van der Waals surface area contributed by atoms with E-state index in [4.69, 9.17) is 26.5 Å². The molecule has 2 N–H and O–H groups in total. The molecule has 1 aromatic carbocycles. The Morgan fingerprint density at radius 2 is 1.94 bits per heavy atom. The van der Waals surface area contributed by atoms with Crippen molar-refractivity contribution in [1.82, 2.24) is 0 Å². The van der Waals surface area contributed by atoms with E-state index in [0.717, 1.165) is 22.1 Å². The predicted octanol–water partition coefficient (Wildman–Crippen LogP) is 3.11. The van der Waals surface area contributed by atoms with E-state index in [-0.39, 0.29) is 0 Å². The van der Waals surface area contributed by atoms with Crippen LogP contribution in [0.15, 0.2) is 40.8 Å². The molecule has 0 aliphatic heterocycles. The molecule has 2 rings (SSSR count). The Balaban J connectivity index is 1.83. The maximum atomic E-state index is 5.87. The number of ether oxygens (including phenoxy) is 1. The minimum Gasteiger partial charge on any atom is -0.462 e. The fourth-order valence-corrected chi connectivity index (χ4v) is 1.72. The summed E-state index contributed by atoms with van der Waals surface area (Å²) in [7, 11) is 0. The lowest BCUT2D eigenvalue weighted by Gasteiger charge is -2.03. The number of benzene rings is 1. The molecule has 1 heterocycles. The topological polar surface area (TPSA) is 48.4 Å². The molecule has 17 heavy (non-hydrogen) atoms. The number of nitrogens with two attached hydrogens (primary N) is 1. The first kappa shape index (κ1) is 12.2. The minimum atomic E-state index is 0.411. The lowest BCUT2D eigenvalue weighted by atomic mass is 10.2. The number of hydrogen-bond acceptors (Lipinski definition) is 3. The third kappa shape index (κ3) is 3.60. The molecular formula is C13H14ClNO2. The molecule has 0 spiro atoms. The molecular weight excluding hydrogens is 238 g/mol. The van der Waals surface area contributed by atoms with E-state index in [2.05, 4.69) is 0 Å². The van der Waals surface area contributed by atoms with Gasteiger partial charge in [0.25, 0.3) is 0 Å². The van der Waals surface area contributed by atoms with Crippen molar-refractivity contribution in [1.29, 1.82) is 0 Å². The lowest BCUT2D eigenvalue weighted by Crippen LogP contribution is -1.94. The van der Waals surface area contributed by atoms with Crippen LogP contribution in [0.4, 0.5) is 0 Å². The normalized spacial score (nSPS) is 10.7. The Morgan fingerprint density at radius 3 is 2.65 bits per heavy atom. The average Bonchev–Trinajstić information content (AvgIpc) is 2.77. The summed E-state index contributed by atoms with van der Waals surface area (Å²) in [4.78, 5) is 0. The van der Waals surface area contributed by atoms with E-state index >= 15 is 0 Å². The quantitative estimate of drug-likeness (QED) is 0.888. The molecule has 4 heteroatoms. The molecule has 3 nitrogen and oxygen atoms in total. The van der Waals surface area contributed by atoms with Gasteiger partial charge in [-0.25, -0.2) is 0 Å². The van der Waals surface area contributed by atoms with E-state index in [1.807, 2.05) is 36.4 Å². The standard InChI is InChI=1S/C13H14ClNO2/c14-11-3-1-2-10(6-11)8-16-9-13-5-4-12(7-15)17-13/h1-6H,7-9,15H2. The summed E-state index contributed by atoms with van der Waals surface area (Å²) in [5.41, 5.74) is 6.49. The second-order valence-corrected chi connectivity index (χ2v) is 4.13. The summed E-state index contributed by atoms with van der Waals surface area (Å²) in [6, 6.07) is 11.3. The second-order valence-electron chi connectivity index (χ2n) is 3.69. The molecule has 0 amide bonds. The average molecular weight is 252 g/mol. The van der Waals surface area contributed by atoms with Gasteiger partial charge in [-0.3, -0.25) is 0 Å². The van der Waals surface area contributed by atoms with Crippen LogP contribution < -0.4 is 5.73 Å². The summed E-state index contributed by atoms with van der Waals surface area (Å²) in [5, 5.41) is 0.717. The Bertz CT molecular complexity index is 482. The Labute approximate surface area is 105 Å². The SMILES string of the molecule is NCc1ccc(COCc2cccc(Cl)c2)o1. The Kier molecular flexibility index (Phi) is 4.20. The molecule has 0 bridgehead atoms. The van der Waals surface area contributed by atoms with E-state index in [1.165, 1.54) is 0 Å². The van der Waals surface area contributed by atoms with Gasteiger partial charge in [-0.2, -0.15) is 0 Å². The van der Waals surface area contributed by atoms with Gasteiger partial charge in [0.05, 0.1) is 13.2 Å². The van der Waals surface area contributed by atoms with Crippen LogP contribution in [-0.2, 0) is 24.5 Å². The number of halogens is 1. The molecule has 0 saturated heterocycles.